The van der Waals surface area contributed by atoms with Crippen LogP contribution < -0.4 is 0 Å². The first-order chi connectivity index (χ1) is 5.04. The largest absolute Gasteiger partial charge is 0.359 e. The van der Waals surface area contributed by atoms with Crippen molar-refractivity contribution >= 4 is 5.78 Å². The molecule has 1 aliphatic heterocycles. The third-order valence-corrected chi connectivity index (χ3v) is 2.22. The van der Waals surface area contributed by atoms with Crippen molar-refractivity contribution in [2.45, 2.75) is 20.0 Å². The van der Waals surface area contributed by atoms with Gasteiger partial charge in [-0.15, -0.1) is 0 Å². The molecule has 0 fully saturated rings. The van der Waals surface area contributed by atoms with E-state index in [-0.39, 0.29) is 5.78 Å². The maximum Gasteiger partial charge on any atom is 0.177 e. The standard InChI is InChI=1S/C8H14N2O/c1-6(11)8-5-9(3)7(2)10(8)4/h5,7H,1-4H3. The number of Topliss-reactive ketones (excluding diaryl/α,β-unsaturated/α-hetero) is 1. The van der Waals surface area contributed by atoms with Gasteiger partial charge in [0.2, 0.25) is 0 Å². The van der Waals surface area contributed by atoms with E-state index in [0.29, 0.717) is 6.17 Å². The summed E-state index contributed by atoms with van der Waals surface area (Å²) < 4.78 is 0. The van der Waals surface area contributed by atoms with E-state index in [2.05, 4.69) is 6.92 Å². The molecule has 0 aromatic rings. The molecule has 11 heavy (non-hydrogen) atoms. The van der Waals surface area contributed by atoms with Crippen LogP contribution in [0.3, 0.4) is 0 Å². The Bertz CT molecular complexity index is 210. The zero-order chi connectivity index (χ0) is 8.59. The first-order valence-corrected chi connectivity index (χ1v) is 3.71. The van der Waals surface area contributed by atoms with Gasteiger partial charge >= 0.3 is 0 Å². The van der Waals surface area contributed by atoms with Gasteiger partial charge in [0, 0.05) is 27.2 Å². The molecule has 0 spiro atoms. The maximum atomic E-state index is 11.0. The molecular weight excluding hydrogens is 140 g/mol. The summed E-state index contributed by atoms with van der Waals surface area (Å²) in [4.78, 5) is 15.0. The number of likely N-dealkylation sites (N-methyl/N-ethyl adjacent to an activating group) is 1. The van der Waals surface area contributed by atoms with Crippen LogP contribution in [-0.4, -0.2) is 35.8 Å². The van der Waals surface area contributed by atoms with Gasteiger partial charge in [0.1, 0.15) is 0 Å². The van der Waals surface area contributed by atoms with E-state index in [1.807, 2.05) is 30.1 Å². The van der Waals surface area contributed by atoms with Crippen molar-refractivity contribution in [2.24, 2.45) is 0 Å². The van der Waals surface area contributed by atoms with E-state index in [4.69, 9.17) is 0 Å². The van der Waals surface area contributed by atoms with Crippen LogP contribution in [0.2, 0.25) is 0 Å². The fourth-order valence-corrected chi connectivity index (χ4v) is 1.21. The lowest BCUT2D eigenvalue weighted by Crippen LogP contribution is -2.33. The average Bonchev–Trinajstić information content (AvgIpc) is 2.17. The van der Waals surface area contributed by atoms with Gasteiger partial charge in [-0.2, -0.15) is 0 Å². The van der Waals surface area contributed by atoms with Crippen molar-refractivity contribution in [3.63, 3.8) is 0 Å². The number of rotatable bonds is 1. The number of nitrogens with zero attached hydrogens (tertiary/aromatic N) is 2. The predicted molar refractivity (Wildman–Crippen MR) is 43.8 cm³/mol. The Morgan fingerprint density at radius 2 is 2.09 bits per heavy atom. The second kappa shape index (κ2) is 2.57. The molecule has 1 atom stereocenters. The van der Waals surface area contributed by atoms with Crippen LogP contribution in [0.15, 0.2) is 11.9 Å². The molecule has 0 amide bonds. The van der Waals surface area contributed by atoms with Gasteiger partial charge in [-0.25, -0.2) is 0 Å². The van der Waals surface area contributed by atoms with Crippen LogP contribution in [0.5, 0.6) is 0 Å². The number of carbonyl (C=O) groups excluding carboxylic acids is 1. The molecule has 0 aromatic carbocycles. The van der Waals surface area contributed by atoms with Crippen molar-refractivity contribution in [1.29, 1.82) is 0 Å². The third-order valence-electron chi connectivity index (χ3n) is 2.22. The normalized spacial score (nSPS) is 24.0. The van der Waals surface area contributed by atoms with Crippen molar-refractivity contribution < 1.29 is 4.79 Å². The monoisotopic (exact) mass is 154 g/mol. The number of hydrogen-bond donors (Lipinski definition) is 0. The second-order valence-corrected chi connectivity index (χ2v) is 2.98. The Morgan fingerprint density at radius 1 is 1.55 bits per heavy atom. The fourth-order valence-electron chi connectivity index (χ4n) is 1.21. The van der Waals surface area contributed by atoms with E-state index in [1.54, 1.807) is 6.92 Å². The molecule has 1 aliphatic rings. The number of hydrogen-bond acceptors (Lipinski definition) is 3. The van der Waals surface area contributed by atoms with Crippen molar-refractivity contribution in [1.82, 2.24) is 9.80 Å². The van der Waals surface area contributed by atoms with Crippen LogP contribution in [-0.2, 0) is 4.79 Å². The summed E-state index contributed by atoms with van der Waals surface area (Å²) in [6, 6.07) is 0. The SMILES string of the molecule is CC(=O)C1=CN(C)C(C)N1C. The summed E-state index contributed by atoms with van der Waals surface area (Å²) in [7, 11) is 3.90. The number of carbonyl (C=O) groups is 1. The summed E-state index contributed by atoms with van der Waals surface area (Å²) in [6.07, 6.45) is 2.18. The third kappa shape index (κ3) is 1.23. The lowest BCUT2D eigenvalue weighted by Gasteiger charge is -2.24. The van der Waals surface area contributed by atoms with Crippen molar-refractivity contribution in [3.8, 4) is 0 Å². The second-order valence-electron chi connectivity index (χ2n) is 2.98. The molecule has 0 aliphatic carbocycles. The quantitative estimate of drug-likeness (QED) is 0.553. The van der Waals surface area contributed by atoms with Crippen LogP contribution >= 0.6 is 0 Å². The molecule has 0 saturated carbocycles. The topological polar surface area (TPSA) is 23.6 Å². The maximum absolute atomic E-state index is 11.0. The molecule has 62 valence electrons. The van der Waals surface area contributed by atoms with Gasteiger partial charge < -0.3 is 9.80 Å². The highest BCUT2D eigenvalue weighted by Gasteiger charge is 2.24. The first-order valence-electron chi connectivity index (χ1n) is 3.71. The minimum absolute atomic E-state index is 0.128. The Kier molecular flexibility index (Phi) is 1.89. The smallest absolute Gasteiger partial charge is 0.177 e. The molecule has 3 nitrogen and oxygen atoms in total. The highest BCUT2D eigenvalue weighted by molar-refractivity contribution is 5.92. The summed E-state index contributed by atoms with van der Waals surface area (Å²) in [6.45, 7) is 3.65. The van der Waals surface area contributed by atoms with Crippen LogP contribution in [0.1, 0.15) is 13.8 Å². The summed E-state index contributed by atoms with van der Waals surface area (Å²) in [5.74, 6) is 0.128. The van der Waals surface area contributed by atoms with Gasteiger partial charge in [-0.3, -0.25) is 4.79 Å². The molecular formula is C8H14N2O. The molecule has 0 aromatic heterocycles. The lowest BCUT2D eigenvalue weighted by atomic mass is 10.3. The highest BCUT2D eigenvalue weighted by Crippen LogP contribution is 2.18. The van der Waals surface area contributed by atoms with E-state index in [9.17, 15) is 4.79 Å². The minimum atomic E-state index is 0.128. The summed E-state index contributed by atoms with van der Waals surface area (Å²) in [5, 5.41) is 0. The lowest BCUT2D eigenvalue weighted by molar-refractivity contribution is -0.115. The zero-order valence-corrected chi connectivity index (χ0v) is 7.46. The zero-order valence-electron chi connectivity index (χ0n) is 7.46. The minimum Gasteiger partial charge on any atom is -0.359 e. The summed E-state index contributed by atoms with van der Waals surface area (Å²) >= 11 is 0. The van der Waals surface area contributed by atoms with Crippen LogP contribution in [0, 0.1) is 0 Å². The Morgan fingerprint density at radius 3 is 2.27 bits per heavy atom. The molecule has 0 radical (unpaired) electrons. The molecule has 0 saturated heterocycles. The Labute approximate surface area is 67.3 Å². The molecule has 1 unspecified atom stereocenters. The van der Waals surface area contributed by atoms with Crippen molar-refractivity contribution in [2.75, 3.05) is 14.1 Å². The Hall–Kier alpha value is -0.990. The van der Waals surface area contributed by atoms with Gasteiger partial charge in [-0.1, -0.05) is 0 Å². The average molecular weight is 154 g/mol. The van der Waals surface area contributed by atoms with E-state index < -0.39 is 0 Å². The summed E-state index contributed by atoms with van der Waals surface area (Å²) in [5.41, 5.74) is 0.792. The van der Waals surface area contributed by atoms with Gasteiger partial charge in [0.05, 0.1) is 11.9 Å². The molecule has 1 rings (SSSR count). The molecule has 0 N–H and O–H groups in total. The molecule has 3 heteroatoms. The fraction of sp³-hybridized carbons (Fsp3) is 0.625. The van der Waals surface area contributed by atoms with E-state index >= 15 is 0 Å². The Balaban J connectivity index is 2.83. The van der Waals surface area contributed by atoms with E-state index in [0.717, 1.165) is 5.70 Å². The number of allylic oxidation sites excluding steroid dienone is 1. The molecule has 1 heterocycles. The molecule has 0 bridgehead atoms. The van der Waals surface area contributed by atoms with Gasteiger partial charge in [-0.05, 0) is 6.92 Å². The van der Waals surface area contributed by atoms with Gasteiger partial charge in [0.25, 0.3) is 0 Å². The van der Waals surface area contributed by atoms with Crippen molar-refractivity contribution in [3.05, 3.63) is 11.9 Å². The highest BCUT2D eigenvalue weighted by atomic mass is 16.1. The van der Waals surface area contributed by atoms with Crippen LogP contribution in [0.4, 0.5) is 0 Å². The van der Waals surface area contributed by atoms with Crippen LogP contribution in [0.25, 0.3) is 0 Å². The first kappa shape index (κ1) is 8.11. The van der Waals surface area contributed by atoms with Gasteiger partial charge in [0.15, 0.2) is 5.78 Å². The predicted octanol–water partition coefficient (Wildman–Crippen LogP) is 0.640. The van der Waals surface area contributed by atoms with E-state index in [1.165, 1.54) is 0 Å². The number of ketones is 1.